The minimum Gasteiger partial charge on any atom is -0.355 e. The molecular weight excluding hydrogens is 442 g/mol. The fourth-order valence-electron chi connectivity index (χ4n) is 4.87. The fraction of sp³-hybridized carbons (Fsp3) is 0.375. The number of nitrogens with zero attached hydrogens (tertiary/aromatic N) is 1. The molecule has 188 valence electrons. The molecule has 0 saturated heterocycles. The first kappa shape index (κ1) is 27.2. The van der Waals surface area contributed by atoms with Gasteiger partial charge in [-0.05, 0) is 41.4 Å². The number of hydrogen-bond donors (Lipinski definition) is 2. The van der Waals surface area contributed by atoms with Crippen molar-refractivity contribution in [2.24, 2.45) is 11.8 Å². The maximum Gasteiger partial charge on any atom is 0.237 e. The largest absolute Gasteiger partial charge is 0.355 e. The Bertz CT molecular complexity index is 1070. The van der Waals surface area contributed by atoms with Gasteiger partial charge in [0.2, 0.25) is 5.91 Å². The van der Waals surface area contributed by atoms with Crippen LogP contribution in [-0.2, 0) is 10.2 Å². The highest BCUT2D eigenvalue weighted by Gasteiger charge is 2.35. The molecule has 0 spiro atoms. The molecule has 3 rings (SSSR count). The summed E-state index contributed by atoms with van der Waals surface area (Å²) in [6.07, 6.45) is 1.43. The number of carbonyl (C=O) groups is 1. The summed E-state index contributed by atoms with van der Waals surface area (Å²) in [4.78, 5) is 13.3. The molecule has 0 radical (unpaired) electrons. The minimum atomic E-state index is -0.562. The summed E-state index contributed by atoms with van der Waals surface area (Å²) >= 11 is 0. The Morgan fingerprint density at radius 1 is 0.833 bits per heavy atom. The van der Waals surface area contributed by atoms with Crippen molar-refractivity contribution in [3.63, 3.8) is 0 Å². The molecule has 0 aromatic heterocycles. The zero-order chi connectivity index (χ0) is 26.0. The summed E-state index contributed by atoms with van der Waals surface area (Å²) in [5.74, 6) is 0.273. The van der Waals surface area contributed by atoms with E-state index in [1.54, 1.807) is 0 Å². The molecule has 36 heavy (non-hydrogen) atoms. The van der Waals surface area contributed by atoms with Crippen LogP contribution >= 0.6 is 0 Å². The van der Waals surface area contributed by atoms with Crippen molar-refractivity contribution in [3.05, 3.63) is 108 Å². The number of nitriles is 1. The van der Waals surface area contributed by atoms with E-state index in [1.807, 2.05) is 66.7 Å². The van der Waals surface area contributed by atoms with Crippen LogP contribution < -0.4 is 10.6 Å². The average molecular weight is 482 g/mol. The summed E-state index contributed by atoms with van der Waals surface area (Å²) in [6, 6.07) is 32.7. The first-order chi connectivity index (χ1) is 17.4. The van der Waals surface area contributed by atoms with E-state index in [-0.39, 0.29) is 29.8 Å². The molecule has 2 atom stereocenters. The number of amides is 1. The lowest BCUT2D eigenvalue weighted by Gasteiger charge is -2.32. The second-order valence-electron chi connectivity index (χ2n) is 10.1. The molecule has 0 aliphatic carbocycles. The van der Waals surface area contributed by atoms with E-state index in [0.29, 0.717) is 13.0 Å². The van der Waals surface area contributed by atoms with Crippen molar-refractivity contribution in [2.75, 3.05) is 6.54 Å². The molecule has 3 aromatic rings. The maximum atomic E-state index is 13.3. The Morgan fingerprint density at radius 3 is 1.78 bits per heavy atom. The highest BCUT2D eigenvalue weighted by molar-refractivity contribution is 5.82. The zero-order valence-corrected chi connectivity index (χ0v) is 21.9. The van der Waals surface area contributed by atoms with E-state index in [4.69, 9.17) is 0 Å². The summed E-state index contributed by atoms with van der Waals surface area (Å²) in [7, 11) is 0. The summed E-state index contributed by atoms with van der Waals surface area (Å²) in [5.41, 5.74) is 2.73. The molecule has 1 unspecified atom stereocenters. The normalized spacial score (nSPS) is 13.8. The first-order valence-electron chi connectivity index (χ1n) is 13.0. The van der Waals surface area contributed by atoms with Gasteiger partial charge >= 0.3 is 0 Å². The van der Waals surface area contributed by atoms with Gasteiger partial charge in [0, 0.05) is 6.54 Å². The topological polar surface area (TPSA) is 64.9 Å². The van der Waals surface area contributed by atoms with E-state index in [1.165, 1.54) is 0 Å². The molecule has 4 heteroatoms. The van der Waals surface area contributed by atoms with Crippen molar-refractivity contribution < 1.29 is 4.79 Å². The molecular formula is C32H39N3O. The third-order valence-electron chi connectivity index (χ3n) is 7.08. The van der Waals surface area contributed by atoms with E-state index in [0.717, 1.165) is 23.1 Å². The standard InChI is InChI=1S/C32H39N3O/c1-24(2)29(35-30(26-15-8-5-9-16-26)27-17-10-6-11-18-27)31(36)34-22-14-21-32(23-33,25(3)4)28-19-12-7-13-20-28/h5-13,15-20,24-25,29-30,35H,14,21-22H2,1-4H3,(H,34,36)/t29-,32?/m0/s1. The van der Waals surface area contributed by atoms with E-state index in [9.17, 15) is 10.1 Å². The molecule has 0 bridgehead atoms. The van der Waals surface area contributed by atoms with E-state index in [2.05, 4.69) is 68.7 Å². The van der Waals surface area contributed by atoms with Gasteiger partial charge in [0.1, 0.15) is 0 Å². The van der Waals surface area contributed by atoms with Crippen LogP contribution in [0, 0.1) is 23.2 Å². The zero-order valence-electron chi connectivity index (χ0n) is 21.9. The molecule has 3 aromatic carbocycles. The second kappa shape index (κ2) is 13.0. The van der Waals surface area contributed by atoms with Crippen LogP contribution in [0.15, 0.2) is 91.0 Å². The predicted octanol–water partition coefficient (Wildman–Crippen LogP) is 6.40. The van der Waals surface area contributed by atoms with E-state index >= 15 is 0 Å². The van der Waals surface area contributed by atoms with Gasteiger partial charge in [0.25, 0.3) is 0 Å². The van der Waals surface area contributed by atoms with Crippen molar-refractivity contribution in [2.45, 2.75) is 58.0 Å². The number of carbonyl (C=O) groups excluding carboxylic acids is 1. The van der Waals surface area contributed by atoms with Crippen molar-refractivity contribution >= 4 is 5.91 Å². The summed E-state index contributed by atoms with van der Waals surface area (Å²) in [6.45, 7) is 8.87. The molecule has 2 N–H and O–H groups in total. The van der Waals surface area contributed by atoms with Gasteiger partial charge in [-0.15, -0.1) is 0 Å². The molecule has 4 nitrogen and oxygen atoms in total. The van der Waals surface area contributed by atoms with Crippen molar-refractivity contribution in [3.8, 4) is 6.07 Å². The molecule has 0 fully saturated rings. The molecule has 0 saturated carbocycles. The van der Waals surface area contributed by atoms with Gasteiger partial charge in [0.05, 0.1) is 23.6 Å². The quantitative estimate of drug-likeness (QED) is 0.294. The monoisotopic (exact) mass is 481 g/mol. The number of rotatable bonds is 12. The third-order valence-corrected chi connectivity index (χ3v) is 7.08. The Balaban J connectivity index is 1.69. The van der Waals surface area contributed by atoms with Crippen LogP contribution in [0.4, 0.5) is 0 Å². The van der Waals surface area contributed by atoms with Gasteiger partial charge in [0.15, 0.2) is 0 Å². The first-order valence-corrected chi connectivity index (χ1v) is 13.0. The minimum absolute atomic E-state index is 0.00585. The second-order valence-corrected chi connectivity index (χ2v) is 10.1. The van der Waals surface area contributed by atoms with Gasteiger partial charge in [-0.2, -0.15) is 5.26 Å². The average Bonchev–Trinajstić information content (AvgIpc) is 2.90. The van der Waals surface area contributed by atoms with Crippen LogP contribution in [0.2, 0.25) is 0 Å². The summed E-state index contributed by atoms with van der Waals surface area (Å²) < 4.78 is 0. The van der Waals surface area contributed by atoms with Crippen LogP contribution in [-0.4, -0.2) is 18.5 Å². The van der Waals surface area contributed by atoms with Crippen LogP contribution in [0.5, 0.6) is 0 Å². The molecule has 0 aliphatic heterocycles. The number of benzene rings is 3. The van der Waals surface area contributed by atoms with Crippen LogP contribution in [0.25, 0.3) is 0 Å². The van der Waals surface area contributed by atoms with Gasteiger partial charge in [-0.1, -0.05) is 119 Å². The Kier molecular flexibility index (Phi) is 9.85. The lowest BCUT2D eigenvalue weighted by atomic mass is 9.70. The van der Waals surface area contributed by atoms with Gasteiger partial charge < -0.3 is 5.32 Å². The fourth-order valence-corrected chi connectivity index (χ4v) is 4.87. The lowest BCUT2D eigenvalue weighted by Crippen LogP contribution is -2.49. The van der Waals surface area contributed by atoms with Crippen molar-refractivity contribution in [1.29, 1.82) is 5.26 Å². The van der Waals surface area contributed by atoms with Crippen LogP contribution in [0.3, 0.4) is 0 Å². The Hall–Kier alpha value is -3.42. The highest BCUT2D eigenvalue weighted by atomic mass is 16.2. The number of hydrogen-bond acceptors (Lipinski definition) is 3. The summed E-state index contributed by atoms with van der Waals surface area (Å²) in [5, 5.41) is 16.9. The number of nitrogens with one attached hydrogen (secondary N) is 2. The SMILES string of the molecule is CC(C)[C@H](NC(c1ccccc1)c1ccccc1)C(=O)NCCCC(C#N)(c1ccccc1)C(C)C. The predicted molar refractivity (Wildman–Crippen MR) is 147 cm³/mol. The maximum absolute atomic E-state index is 13.3. The van der Waals surface area contributed by atoms with Crippen LogP contribution in [0.1, 0.15) is 63.3 Å². The molecule has 1 amide bonds. The lowest BCUT2D eigenvalue weighted by molar-refractivity contribution is -0.124. The molecule has 0 heterocycles. The smallest absolute Gasteiger partial charge is 0.237 e. The Morgan fingerprint density at radius 2 is 1.33 bits per heavy atom. The van der Waals surface area contributed by atoms with E-state index < -0.39 is 5.41 Å². The highest BCUT2D eigenvalue weighted by Crippen LogP contribution is 2.36. The van der Waals surface area contributed by atoms with Gasteiger partial charge in [-0.25, -0.2) is 0 Å². The Labute approximate surface area is 216 Å². The van der Waals surface area contributed by atoms with Gasteiger partial charge in [-0.3, -0.25) is 10.1 Å². The van der Waals surface area contributed by atoms with Crippen molar-refractivity contribution in [1.82, 2.24) is 10.6 Å². The molecule has 0 aliphatic rings. The third kappa shape index (κ3) is 6.62.